The number of sulfonamides is 1. The lowest BCUT2D eigenvalue weighted by molar-refractivity contribution is -0.119. The lowest BCUT2D eigenvalue weighted by Gasteiger charge is -2.24. The number of carbonyl (C=O) groups excluding carboxylic acids is 1. The van der Waals surface area contributed by atoms with Crippen LogP contribution in [0.25, 0.3) is 0 Å². The molecule has 0 spiro atoms. The molecular formula is C25H27ClN2O4S. The van der Waals surface area contributed by atoms with Gasteiger partial charge in [-0.15, -0.1) is 0 Å². The van der Waals surface area contributed by atoms with Gasteiger partial charge in [-0.1, -0.05) is 41.4 Å². The molecule has 3 aromatic rings. The van der Waals surface area contributed by atoms with Crippen LogP contribution in [0.15, 0.2) is 71.6 Å². The number of amides is 1. The lowest BCUT2D eigenvalue weighted by atomic mass is 10.1. The van der Waals surface area contributed by atoms with Crippen molar-refractivity contribution in [2.45, 2.75) is 25.7 Å². The summed E-state index contributed by atoms with van der Waals surface area (Å²) in [5.74, 6) is 0.277. The number of benzene rings is 3. The predicted octanol–water partition coefficient (Wildman–Crippen LogP) is 4.66. The van der Waals surface area contributed by atoms with Gasteiger partial charge in [-0.05, 0) is 74.4 Å². The van der Waals surface area contributed by atoms with E-state index < -0.39 is 15.9 Å². The zero-order valence-corrected chi connectivity index (χ0v) is 20.4. The molecule has 33 heavy (non-hydrogen) atoms. The molecule has 3 aromatic carbocycles. The minimum atomic E-state index is -3.98. The minimum absolute atomic E-state index is 0.0963. The second-order valence-corrected chi connectivity index (χ2v) is 10.1. The van der Waals surface area contributed by atoms with Crippen molar-refractivity contribution in [1.82, 2.24) is 5.32 Å². The van der Waals surface area contributed by atoms with E-state index in [0.717, 1.165) is 26.7 Å². The highest BCUT2D eigenvalue weighted by Gasteiger charge is 2.27. The van der Waals surface area contributed by atoms with Crippen LogP contribution in [0.5, 0.6) is 5.75 Å². The van der Waals surface area contributed by atoms with E-state index in [2.05, 4.69) is 5.32 Å². The number of rotatable bonds is 9. The van der Waals surface area contributed by atoms with Gasteiger partial charge in [0.15, 0.2) is 0 Å². The SMILES string of the molecule is Cc1ccc(S(=O)(=O)N(CC(=O)NCCOc2cc(C)cc(C)c2)c2cccc(Cl)c2)cc1. The third kappa shape index (κ3) is 6.73. The van der Waals surface area contributed by atoms with E-state index in [-0.39, 0.29) is 24.6 Å². The maximum atomic E-state index is 13.3. The van der Waals surface area contributed by atoms with Gasteiger partial charge in [0, 0.05) is 5.02 Å². The van der Waals surface area contributed by atoms with E-state index in [1.807, 2.05) is 39.0 Å². The van der Waals surface area contributed by atoms with Crippen LogP contribution in [-0.2, 0) is 14.8 Å². The van der Waals surface area contributed by atoms with E-state index in [4.69, 9.17) is 16.3 Å². The van der Waals surface area contributed by atoms with Crippen LogP contribution in [0.3, 0.4) is 0 Å². The average molecular weight is 487 g/mol. The van der Waals surface area contributed by atoms with E-state index >= 15 is 0 Å². The molecule has 0 aliphatic heterocycles. The number of aryl methyl sites for hydroxylation is 3. The van der Waals surface area contributed by atoms with Crippen LogP contribution in [0, 0.1) is 20.8 Å². The first kappa shape index (κ1) is 24.6. The topological polar surface area (TPSA) is 75.7 Å². The summed E-state index contributed by atoms with van der Waals surface area (Å²) >= 11 is 6.09. The van der Waals surface area contributed by atoms with Gasteiger partial charge in [-0.25, -0.2) is 8.42 Å². The summed E-state index contributed by atoms with van der Waals surface area (Å²) in [7, 11) is -3.98. The Kier molecular flexibility index (Phi) is 8.00. The molecule has 3 rings (SSSR count). The molecule has 0 aliphatic carbocycles. The second kappa shape index (κ2) is 10.7. The molecule has 8 heteroatoms. The van der Waals surface area contributed by atoms with Crippen molar-refractivity contribution in [3.8, 4) is 5.75 Å². The molecule has 174 valence electrons. The molecular weight excluding hydrogens is 460 g/mol. The van der Waals surface area contributed by atoms with Gasteiger partial charge in [0.25, 0.3) is 10.0 Å². The Bertz CT molecular complexity index is 1210. The van der Waals surface area contributed by atoms with Crippen molar-refractivity contribution in [2.75, 3.05) is 24.0 Å². The quantitative estimate of drug-likeness (QED) is 0.446. The Balaban J connectivity index is 1.70. The van der Waals surface area contributed by atoms with Crippen molar-refractivity contribution < 1.29 is 17.9 Å². The molecule has 1 amide bonds. The molecule has 0 heterocycles. The summed E-state index contributed by atoms with van der Waals surface area (Å²) in [6.45, 7) is 5.95. The average Bonchev–Trinajstić information content (AvgIpc) is 2.74. The van der Waals surface area contributed by atoms with Gasteiger partial charge in [0.2, 0.25) is 5.91 Å². The van der Waals surface area contributed by atoms with Gasteiger partial charge in [-0.2, -0.15) is 0 Å². The fourth-order valence-corrected chi connectivity index (χ4v) is 4.94. The van der Waals surface area contributed by atoms with Gasteiger partial charge in [-0.3, -0.25) is 9.10 Å². The molecule has 0 saturated carbocycles. The fourth-order valence-electron chi connectivity index (χ4n) is 3.35. The van der Waals surface area contributed by atoms with Crippen molar-refractivity contribution in [1.29, 1.82) is 0 Å². The Morgan fingerprint density at radius 3 is 2.24 bits per heavy atom. The number of nitrogens with zero attached hydrogens (tertiary/aromatic N) is 1. The van der Waals surface area contributed by atoms with Crippen LogP contribution in [0.2, 0.25) is 5.02 Å². The van der Waals surface area contributed by atoms with Crippen LogP contribution in [0.1, 0.15) is 16.7 Å². The number of hydrogen-bond donors (Lipinski definition) is 1. The largest absolute Gasteiger partial charge is 0.492 e. The van der Waals surface area contributed by atoms with Crippen molar-refractivity contribution >= 4 is 33.2 Å². The van der Waals surface area contributed by atoms with E-state index in [0.29, 0.717) is 10.7 Å². The number of ether oxygens (including phenoxy) is 1. The Morgan fingerprint density at radius 2 is 1.61 bits per heavy atom. The van der Waals surface area contributed by atoms with E-state index in [9.17, 15) is 13.2 Å². The highest BCUT2D eigenvalue weighted by atomic mass is 35.5. The van der Waals surface area contributed by atoms with Crippen molar-refractivity contribution in [3.63, 3.8) is 0 Å². The smallest absolute Gasteiger partial charge is 0.264 e. The van der Waals surface area contributed by atoms with Crippen molar-refractivity contribution in [2.24, 2.45) is 0 Å². The van der Waals surface area contributed by atoms with Gasteiger partial charge in [0.1, 0.15) is 18.9 Å². The molecule has 1 N–H and O–H groups in total. The van der Waals surface area contributed by atoms with E-state index in [1.165, 1.54) is 18.2 Å². The maximum absolute atomic E-state index is 13.3. The fraction of sp³-hybridized carbons (Fsp3) is 0.240. The molecule has 0 fully saturated rings. The van der Waals surface area contributed by atoms with Crippen LogP contribution >= 0.6 is 11.6 Å². The second-order valence-electron chi connectivity index (χ2n) is 7.83. The van der Waals surface area contributed by atoms with Crippen LogP contribution < -0.4 is 14.4 Å². The first-order chi connectivity index (χ1) is 15.6. The summed E-state index contributed by atoms with van der Waals surface area (Å²) in [4.78, 5) is 12.8. The first-order valence-corrected chi connectivity index (χ1v) is 12.3. The third-order valence-corrected chi connectivity index (χ3v) is 6.90. The highest BCUT2D eigenvalue weighted by Crippen LogP contribution is 2.26. The Morgan fingerprint density at radius 1 is 0.939 bits per heavy atom. The summed E-state index contributed by atoms with van der Waals surface area (Å²) in [5.41, 5.74) is 3.43. The summed E-state index contributed by atoms with van der Waals surface area (Å²) in [6, 6.07) is 18.8. The molecule has 0 bridgehead atoms. The standard InChI is InChI=1S/C25H27ClN2O4S/c1-18-7-9-24(10-8-18)33(30,31)28(22-6-4-5-21(26)16-22)17-25(29)27-11-12-32-23-14-19(2)13-20(3)15-23/h4-10,13-16H,11-12,17H2,1-3H3,(H,27,29). The highest BCUT2D eigenvalue weighted by molar-refractivity contribution is 7.92. The molecule has 0 atom stereocenters. The third-order valence-electron chi connectivity index (χ3n) is 4.88. The van der Waals surface area contributed by atoms with Crippen LogP contribution in [0.4, 0.5) is 5.69 Å². The monoisotopic (exact) mass is 486 g/mol. The normalized spacial score (nSPS) is 11.2. The van der Waals surface area contributed by atoms with Gasteiger partial charge in [0.05, 0.1) is 17.1 Å². The lowest BCUT2D eigenvalue weighted by Crippen LogP contribution is -2.41. The zero-order chi connectivity index (χ0) is 24.0. The van der Waals surface area contributed by atoms with Gasteiger partial charge < -0.3 is 10.1 Å². The van der Waals surface area contributed by atoms with E-state index in [1.54, 1.807) is 30.3 Å². The maximum Gasteiger partial charge on any atom is 0.264 e. The Hall–Kier alpha value is -3.03. The number of carbonyl (C=O) groups is 1. The molecule has 0 aromatic heterocycles. The number of nitrogens with one attached hydrogen (secondary N) is 1. The number of anilines is 1. The van der Waals surface area contributed by atoms with Gasteiger partial charge >= 0.3 is 0 Å². The molecule has 0 saturated heterocycles. The van der Waals surface area contributed by atoms with Crippen molar-refractivity contribution in [3.05, 3.63) is 88.4 Å². The first-order valence-electron chi connectivity index (χ1n) is 10.5. The molecule has 0 radical (unpaired) electrons. The number of halogens is 1. The zero-order valence-electron chi connectivity index (χ0n) is 18.8. The summed E-state index contributed by atoms with van der Waals surface area (Å²) in [6.07, 6.45) is 0. The van der Waals surface area contributed by atoms with Crippen LogP contribution in [-0.4, -0.2) is 34.0 Å². The number of hydrogen-bond acceptors (Lipinski definition) is 4. The summed E-state index contributed by atoms with van der Waals surface area (Å²) in [5, 5.41) is 3.10. The molecule has 6 nitrogen and oxygen atoms in total. The molecule has 0 aliphatic rings. The predicted molar refractivity (Wildman–Crippen MR) is 132 cm³/mol. The minimum Gasteiger partial charge on any atom is -0.492 e. The molecule has 0 unspecified atom stereocenters. The Labute approximate surface area is 200 Å². The summed E-state index contributed by atoms with van der Waals surface area (Å²) < 4.78 is 33.5.